The number of ether oxygens (including phenoxy) is 2. The van der Waals surface area contributed by atoms with Gasteiger partial charge in [0.1, 0.15) is 0 Å². The first-order valence-corrected chi connectivity index (χ1v) is 7.99. The van der Waals surface area contributed by atoms with Crippen LogP contribution in [0.5, 0.6) is 0 Å². The summed E-state index contributed by atoms with van der Waals surface area (Å²) in [5, 5.41) is 3.50. The van der Waals surface area contributed by atoms with Crippen LogP contribution in [0.2, 0.25) is 0 Å². The molecule has 0 aromatic heterocycles. The quantitative estimate of drug-likeness (QED) is 0.669. The summed E-state index contributed by atoms with van der Waals surface area (Å²) in [6, 6.07) is 8.69. The lowest BCUT2D eigenvalue weighted by molar-refractivity contribution is 0.0408. The lowest BCUT2D eigenvalue weighted by atomic mass is 10.1. The zero-order chi connectivity index (χ0) is 15.6. The van der Waals surface area contributed by atoms with Gasteiger partial charge < -0.3 is 14.8 Å². The summed E-state index contributed by atoms with van der Waals surface area (Å²) in [7, 11) is 0. The fourth-order valence-corrected chi connectivity index (χ4v) is 1.94. The highest BCUT2D eigenvalue weighted by atomic mass is 16.5. The summed E-state index contributed by atoms with van der Waals surface area (Å²) < 4.78 is 11.0. The highest BCUT2D eigenvalue weighted by Crippen LogP contribution is 2.07. The highest BCUT2D eigenvalue weighted by molar-refractivity contribution is 5.22. The number of hydrogen-bond acceptors (Lipinski definition) is 3. The van der Waals surface area contributed by atoms with Crippen LogP contribution in [0.15, 0.2) is 24.3 Å². The average Bonchev–Trinajstić information content (AvgIpc) is 2.43. The molecule has 3 nitrogen and oxygen atoms in total. The Bertz CT molecular complexity index is 368. The van der Waals surface area contributed by atoms with Crippen molar-refractivity contribution in [2.24, 2.45) is 0 Å². The molecule has 0 bridgehead atoms. The predicted molar refractivity (Wildman–Crippen MR) is 88.7 cm³/mol. The van der Waals surface area contributed by atoms with Gasteiger partial charge in [0.25, 0.3) is 0 Å². The second-order valence-electron chi connectivity index (χ2n) is 6.41. The number of benzene rings is 1. The molecule has 0 amide bonds. The van der Waals surface area contributed by atoms with Gasteiger partial charge in [-0.05, 0) is 51.3 Å². The van der Waals surface area contributed by atoms with Crippen molar-refractivity contribution in [3.63, 3.8) is 0 Å². The largest absolute Gasteiger partial charge is 0.379 e. The molecule has 0 aliphatic carbocycles. The van der Waals surface area contributed by atoms with Crippen molar-refractivity contribution < 1.29 is 9.47 Å². The Balaban J connectivity index is 2.18. The zero-order valence-corrected chi connectivity index (χ0v) is 14.1. The van der Waals surface area contributed by atoms with E-state index in [1.807, 2.05) is 0 Å². The second kappa shape index (κ2) is 9.93. The van der Waals surface area contributed by atoms with Crippen LogP contribution in [-0.4, -0.2) is 31.9 Å². The first-order chi connectivity index (χ1) is 10.0. The number of hydrogen-bond donors (Lipinski definition) is 1. The minimum absolute atomic E-state index is 0.188. The predicted octanol–water partition coefficient (Wildman–Crippen LogP) is 3.56. The molecular weight excluding hydrogens is 262 g/mol. The van der Waals surface area contributed by atoms with Crippen molar-refractivity contribution in [2.75, 3.05) is 26.4 Å². The van der Waals surface area contributed by atoms with Gasteiger partial charge >= 0.3 is 0 Å². The van der Waals surface area contributed by atoms with Crippen LogP contribution in [0.1, 0.15) is 45.2 Å². The van der Waals surface area contributed by atoms with E-state index in [9.17, 15) is 0 Å². The summed E-state index contributed by atoms with van der Waals surface area (Å²) in [6.45, 7) is 12.5. The molecule has 0 heterocycles. The second-order valence-corrected chi connectivity index (χ2v) is 6.41. The molecule has 120 valence electrons. The monoisotopic (exact) mass is 293 g/mol. The maximum atomic E-state index is 5.59. The molecule has 0 aliphatic rings. The summed E-state index contributed by atoms with van der Waals surface area (Å²) in [5.74, 6) is 0. The maximum Gasteiger partial charge on any atom is 0.0718 e. The molecule has 0 spiro atoms. The van der Waals surface area contributed by atoms with Crippen LogP contribution < -0.4 is 5.32 Å². The Morgan fingerprint density at radius 2 is 1.52 bits per heavy atom. The summed E-state index contributed by atoms with van der Waals surface area (Å²) in [4.78, 5) is 0. The fraction of sp³-hybridized carbons (Fsp3) is 0.667. The van der Waals surface area contributed by atoms with Crippen LogP contribution in [0.4, 0.5) is 0 Å². The lowest BCUT2D eigenvalue weighted by Crippen LogP contribution is -2.37. The Hall–Kier alpha value is -0.900. The Labute approximate surface area is 130 Å². The molecule has 1 aromatic rings. The Kier molecular flexibility index (Phi) is 8.58. The van der Waals surface area contributed by atoms with Gasteiger partial charge in [0, 0.05) is 12.1 Å². The molecule has 0 aliphatic heterocycles. The summed E-state index contributed by atoms with van der Waals surface area (Å²) in [5.41, 5.74) is 2.77. The van der Waals surface area contributed by atoms with E-state index in [2.05, 4.69) is 57.3 Å². The smallest absolute Gasteiger partial charge is 0.0718 e. The average molecular weight is 293 g/mol. The minimum atomic E-state index is 0.188. The van der Waals surface area contributed by atoms with Crippen LogP contribution in [0, 0.1) is 0 Å². The third-order valence-electron chi connectivity index (χ3n) is 3.08. The molecule has 3 heteroatoms. The van der Waals surface area contributed by atoms with E-state index < -0.39 is 0 Å². The first kappa shape index (κ1) is 18.1. The van der Waals surface area contributed by atoms with E-state index >= 15 is 0 Å². The fourth-order valence-electron chi connectivity index (χ4n) is 1.94. The Morgan fingerprint density at radius 1 is 0.905 bits per heavy atom. The lowest BCUT2D eigenvalue weighted by Gasteiger charge is -2.20. The first-order valence-electron chi connectivity index (χ1n) is 7.99. The van der Waals surface area contributed by atoms with E-state index in [-0.39, 0.29) is 5.54 Å². The van der Waals surface area contributed by atoms with E-state index in [0.29, 0.717) is 19.8 Å². The van der Waals surface area contributed by atoms with Crippen LogP contribution in [-0.2, 0) is 22.5 Å². The highest BCUT2D eigenvalue weighted by Gasteiger charge is 2.07. The number of rotatable bonds is 10. The Morgan fingerprint density at radius 3 is 2.14 bits per heavy atom. The molecule has 0 unspecified atom stereocenters. The van der Waals surface area contributed by atoms with Gasteiger partial charge in [-0.2, -0.15) is 0 Å². The molecule has 0 atom stereocenters. The van der Waals surface area contributed by atoms with Gasteiger partial charge in [0.2, 0.25) is 0 Å². The summed E-state index contributed by atoms with van der Waals surface area (Å²) >= 11 is 0. The van der Waals surface area contributed by atoms with Gasteiger partial charge in [-0.15, -0.1) is 0 Å². The molecule has 1 N–H and O–H groups in total. The van der Waals surface area contributed by atoms with Crippen molar-refractivity contribution in [2.45, 2.75) is 52.7 Å². The normalized spacial score (nSPS) is 11.8. The van der Waals surface area contributed by atoms with Crippen LogP contribution in [0.3, 0.4) is 0 Å². The molecular formula is C18H31NO2. The third kappa shape index (κ3) is 9.62. The van der Waals surface area contributed by atoms with E-state index in [1.54, 1.807) is 0 Å². The number of nitrogens with one attached hydrogen (secondary N) is 1. The molecule has 1 rings (SSSR count). The molecule has 0 saturated heterocycles. The maximum absolute atomic E-state index is 5.59. The summed E-state index contributed by atoms with van der Waals surface area (Å²) in [6.07, 6.45) is 2.12. The van der Waals surface area contributed by atoms with Crippen molar-refractivity contribution >= 4 is 0 Å². The SMILES string of the molecule is CCCOCCOCc1ccc(CCNC(C)(C)C)cc1. The van der Waals surface area contributed by atoms with E-state index in [4.69, 9.17) is 9.47 Å². The van der Waals surface area contributed by atoms with Gasteiger partial charge in [-0.3, -0.25) is 0 Å². The molecule has 0 radical (unpaired) electrons. The van der Waals surface area contributed by atoms with E-state index in [1.165, 1.54) is 11.1 Å². The van der Waals surface area contributed by atoms with Crippen molar-refractivity contribution in [3.05, 3.63) is 35.4 Å². The van der Waals surface area contributed by atoms with E-state index in [0.717, 1.165) is 26.0 Å². The third-order valence-corrected chi connectivity index (χ3v) is 3.08. The molecule has 21 heavy (non-hydrogen) atoms. The van der Waals surface area contributed by atoms with Crippen molar-refractivity contribution in [1.82, 2.24) is 5.32 Å². The van der Waals surface area contributed by atoms with Crippen molar-refractivity contribution in [3.8, 4) is 0 Å². The minimum Gasteiger partial charge on any atom is -0.379 e. The van der Waals surface area contributed by atoms with Crippen LogP contribution in [0.25, 0.3) is 0 Å². The van der Waals surface area contributed by atoms with Gasteiger partial charge in [0.05, 0.1) is 19.8 Å². The van der Waals surface area contributed by atoms with Gasteiger partial charge in [-0.1, -0.05) is 31.2 Å². The molecule has 0 fully saturated rings. The molecule has 1 aromatic carbocycles. The van der Waals surface area contributed by atoms with Gasteiger partial charge in [-0.25, -0.2) is 0 Å². The van der Waals surface area contributed by atoms with Crippen LogP contribution >= 0.6 is 0 Å². The topological polar surface area (TPSA) is 30.5 Å². The standard InChI is InChI=1S/C18H31NO2/c1-5-12-20-13-14-21-15-17-8-6-16(7-9-17)10-11-19-18(2,3)4/h6-9,19H,5,10-15H2,1-4H3. The zero-order valence-electron chi connectivity index (χ0n) is 14.1. The van der Waals surface area contributed by atoms with Gasteiger partial charge in [0.15, 0.2) is 0 Å². The molecule has 0 saturated carbocycles. The van der Waals surface area contributed by atoms with Crippen molar-refractivity contribution in [1.29, 1.82) is 0 Å².